The summed E-state index contributed by atoms with van der Waals surface area (Å²) < 4.78 is 22.0. The predicted molar refractivity (Wildman–Crippen MR) is 128 cm³/mol. The van der Waals surface area contributed by atoms with Crippen LogP contribution in [0.1, 0.15) is 28.4 Å². The maximum atomic E-state index is 15.0. The zero-order valence-electron chi connectivity index (χ0n) is 19.3. The van der Waals surface area contributed by atoms with Crippen LogP contribution >= 0.6 is 0 Å². The molecule has 0 spiro atoms. The molecule has 4 rings (SSSR count). The largest absolute Gasteiger partial charge is 0.497 e. The Morgan fingerprint density at radius 1 is 1.26 bits per heavy atom. The number of rotatable bonds is 6. The van der Waals surface area contributed by atoms with Gasteiger partial charge in [-0.2, -0.15) is 5.26 Å². The van der Waals surface area contributed by atoms with Crippen LogP contribution in [0.2, 0.25) is 0 Å². The normalized spacial score (nSPS) is 10.7. The summed E-state index contributed by atoms with van der Waals surface area (Å²) in [7, 11) is 5.08. The fraction of sp³-hybridized carbons (Fsp3) is 0.200. The van der Waals surface area contributed by atoms with Crippen LogP contribution in [0.25, 0.3) is 11.0 Å². The van der Waals surface area contributed by atoms with Crippen molar-refractivity contribution in [3.63, 3.8) is 0 Å². The van der Waals surface area contributed by atoms with Crippen LogP contribution in [0.5, 0.6) is 5.75 Å². The van der Waals surface area contributed by atoms with Crippen molar-refractivity contribution in [3.05, 3.63) is 71.3 Å². The fourth-order valence-corrected chi connectivity index (χ4v) is 3.78. The molecule has 1 amide bonds. The Morgan fingerprint density at radius 2 is 2.00 bits per heavy atom. The minimum Gasteiger partial charge on any atom is -0.497 e. The highest BCUT2D eigenvalue weighted by Gasteiger charge is 2.20. The molecule has 0 radical (unpaired) electrons. The number of imidazole rings is 1. The molecular weight excluding hydrogens is 435 g/mol. The molecule has 0 atom stereocenters. The first-order valence-corrected chi connectivity index (χ1v) is 10.6. The average molecular weight is 458 g/mol. The molecule has 0 aliphatic carbocycles. The quantitative estimate of drug-likeness (QED) is 0.455. The number of pyridine rings is 1. The van der Waals surface area contributed by atoms with E-state index in [4.69, 9.17) is 4.74 Å². The first-order chi connectivity index (χ1) is 16.4. The molecule has 9 heteroatoms. The third-order valence-electron chi connectivity index (χ3n) is 5.61. The van der Waals surface area contributed by atoms with Gasteiger partial charge in [-0.25, -0.2) is 14.4 Å². The van der Waals surface area contributed by atoms with Gasteiger partial charge in [-0.1, -0.05) is 6.92 Å². The number of fused-ring (bicyclic) bond motifs is 1. The van der Waals surface area contributed by atoms with E-state index in [2.05, 4.69) is 15.3 Å². The SMILES string of the molecule is CCc1cc(C#N)cc(F)c1N(C)c1cc2c(ncn2C)c(NC(=O)c2ccc(OC)cc2)n1. The third-order valence-corrected chi connectivity index (χ3v) is 5.61. The maximum Gasteiger partial charge on any atom is 0.256 e. The van der Waals surface area contributed by atoms with Crippen LogP contribution < -0.4 is 15.0 Å². The summed E-state index contributed by atoms with van der Waals surface area (Å²) in [6, 6.07) is 13.3. The van der Waals surface area contributed by atoms with E-state index >= 15 is 4.39 Å². The van der Waals surface area contributed by atoms with Crippen molar-refractivity contribution < 1.29 is 13.9 Å². The summed E-state index contributed by atoms with van der Waals surface area (Å²) in [6.07, 6.45) is 2.15. The Balaban J connectivity index is 1.77. The molecule has 0 unspecified atom stereocenters. The summed E-state index contributed by atoms with van der Waals surface area (Å²) in [5.74, 6) is 0.434. The number of nitrogens with one attached hydrogen (secondary N) is 1. The predicted octanol–water partition coefficient (Wildman–Crippen LogP) is 4.57. The second-order valence-electron chi connectivity index (χ2n) is 7.73. The number of methoxy groups -OCH3 is 1. The summed E-state index contributed by atoms with van der Waals surface area (Å²) in [6.45, 7) is 1.89. The molecule has 0 fully saturated rings. The van der Waals surface area contributed by atoms with Crippen molar-refractivity contribution in [2.45, 2.75) is 13.3 Å². The van der Waals surface area contributed by atoms with E-state index in [1.165, 1.54) is 6.07 Å². The first kappa shape index (κ1) is 22.7. The Bertz CT molecular complexity index is 1420. The molecule has 4 aromatic rings. The Kier molecular flexibility index (Phi) is 6.15. The molecule has 0 aliphatic rings. The van der Waals surface area contributed by atoms with Gasteiger partial charge in [0.15, 0.2) is 5.82 Å². The second kappa shape index (κ2) is 9.19. The van der Waals surface area contributed by atoms with E-state index in [1.807, 2.05) is 20.0 Å². The lowest BCUT2D eigenvalue weighted by molar-refractivity contribution is 0.102. The van der Waals surface area contributed by atoms with Gasteiger partial charge in [-0.3, -0.25) is 4.79 Å². The number of nitrogens with zero attached hydrogens (tertiary/aromatic N) is 5. The fourth-order valence-electron chi connectivity index (χ4n) is 3.78. The number of hydrogen-bond donors (Lipinski definition) is 1. The topological polar surface area (TPSA) is 96.1 Å². The number of halogens is 1. The van der Waals surface area contributed by atoms with Crippen molar-refractivity contribution in [3.8, 4) is 11.8 Å². The molecule has 0 saturated heterocycles. The van der Waals surface area contributed by atoms with Crippen LogP contribution in [0.15, 0.2) is 48.8 Å². The number of nitriles is 1. The van der Waals surface area contributed by atoms with Gasteiger partial charge in [0.25, 0.3) is 5.91 Å². The Morgan fingerprint density at radius 3 is 2.65 bits per heavy atom. The number of aromatic nitrogens is 3. The maximum absolute atomic E-state index is 15.0. The lowest BCUT2D eigenvalue weighted by atomic mass is 10.1. The van der Waals surface area contributed by atoms with E-state index in [1.54, 1.807) is 66.4 Å². The summed E-state index contributed by atoms with van der Waals surface area (Å²) in [5.41, 5.74) is 2.91. The Labute approximate surface area is 196 Å². The second-order valence-corrected chi connectivity index (χ2v) is 7.73. The summed E-state index contributed by atoms with van der Waals surface area (Å²) in [4.78, 5) is 23.5. The molecule has 34 heavy (non-hydrogen) atoms. The van der Waals surface area contributed by atoms with Gasteiger partial charge in [0.1, 0.15) is 22.9 Å². The highest BCUT2D eigenvalue weighted by atomic mass is 19.1. The standard InChI is InChI=1S/C25H23FN6O2/c1-5-16-10-15(13-27)11-19(26)23(16)32(3)21-12-20-22(28-14-31(20)2)24(29-21)30-25(33)17-6-8-18(34-4)9-7-17/h6-12,14H,5H2,1-4H3,(H,29,30,33). The van der Waals surface area contributed by atoms with Crippen molar-refractivity contribution >= 4 is 34.3 Å². The van der Waals surface area contributed by atoms with Crippen LogP contribution in [0.4, 0.5) is 21.7 Å². The zero-order chi connectivity index (χ0) is 24.4. The molecule has 8 nitrogen and oxygen atoms in total. The monoisotopic (exact) mass is 458 g/mol. The van der Waals surface area contributed by atoms with Gasteiger partial charge in [0.05, 0.1) is 36.3 Å². The van der Waals surface area contributed by atoms with E-state index < -0.39 is 5.82 Å². The van der Waals surface area contributed by atoms with Crippen LogP contribution in [-0.4, -0.2) is 34.6 Å². The van der Waals surface area contributed by atoms with E-state index in [-0.39, 0.29) is 17.3 Å². The molecule has 2 aromatic carbocycles. The van der Waals surface area contributed by atoms with E-state index in [9.17, 15) is 10.1 Å². The van der Waals surface area contributed by atoms with Gasteiger partial charge in [0.2, 0.25) is 0 Å². The molecule has 172 valence electrons. The molecule has 0 aliphatic heterocycles. The minimum absolute atomic E-state index is 0.257. The molecule has 0 bridgehead atoms. The van der Waals surface area contributed by atoms with Crippen LogP contribution in [0.3, 0.4) is 0 Å². The van der Waals surface area contributed by atoms with Gasteiger partial charge >= 0.3 is 0 Å². The number of carbonyl (C=O) groups excluding carboxylic acids is 1. The number of carbonyl (C=O) groups is 1. The van der Waals surface area contributed by atoms with Crippen LogP contribution in [-0.2, 0) is 13.5 Å². The number of anilines is 3. The van der Waals surface area contributed by atoms with Gasteiger partial charge in [0, 0.05) is 25.7 Å². The van der Waals surface area contributed by atoms with E-state index in [0.717, 1.165) is 0 Å². The lowest BCUT2D eigenvalue weighted by Gasteiger charge is -2.23. The molecule has 0 saturated carbocycles. The number of aryl methyl sites for hydroxylation is 2. The molecule has 2 aromatic heterocycles. The van der Waals surface area contributed by atoms with Crippen molar-refractivity contribution in [2.24, 2.45) is 7.05 Å². The highest BCUT2D eigenvalue weighted by molar-refractivity contribution is 6.07. The first-order valence-electron chi connectivity index (χ1n) is 10.6. The number of ether oxygens (including phenoxy) is 1. The third kappa shape index (κ3) is 4.13. The minimum atomic E-state index is -0.519. The molecule has 2 heterocycles. The summed E-state index contributed by atoms with van der Waals surface area (Å²) in [5, 5.41) is 12.0. The van der Waals surface area contributed by atoms with E-state index in [0.29, 0.717) is 45.8 Å². The number of benzene rings is 2. The molecular formula is C25H23FN6O2. The average Bonchev–Trinajstić information content (AvgIpc) is 3.23. The van der Waals surface area contributed by atoms with Crippen molar-refractivity contribution in [1.29, 1.82) is 5.26 Å². The van der Waals surface area contributed by atoms with Crippen LogP contribution in [0, 0.1) is 17.1 Å². The Hall–Kier alpha value is -4.45. The van der Waals surface area contributed by atoms with Gasteiger partial charge in [-0.15, -0.1) is 0 Å². The number of hydrogen-bond acceptors (Lipinski definition) is 6. The summed E-state index contributed by atoms with van der Waals surface area (Å²) >= 11 is 0. The smallest absolute Gasteiger partial charge is 0.256 e. The molecule has 1 N–H and O–H groups in total. The van der Waals surface area contributed by atoms with Crippen molar-refractivity contribution in [2.75, 3.05) is 24.4 Å². The highest BCUT2D eigenvalue weighted by Crippen LogP contribution is 2.33. The zero-order valence-corrected chi connectivity index (χ0v) is 19.3. The van der Waals surface area contributed by atoms with Gasteiger partial charge in [-0.05, 0) is 48.4 Å². The van der Waals surface area contributed by atoms with Crippen molar-refractivity contribution in [1.82, 2.24) is 14.5 Å². The lowest BCUT2D eigenvalue weighted by Crippen LogP contribution is -2.18. The van der Waals surface area contributed by atoms with Gasteiger partial charge < -0.3 is 19.5 Å². The number of amides is 1.